The molecule has 0 saturated heterocycles. The van der Waals surface area contributed by atoms with E-state index in [9.17, 15) is 9.18 Å². The van der Waals surface area contributed by atoms with E-state index >= 15 is 0 Å². The van der Waals surface area contributed by atoms with Gasteiger partial charge in [-0.05, 0) is 35.9 Å². The number of hydrogen-bond donors (Lipinski definition) is 2. The third kappa shape index (κ3) is 4.06. The summed E-state index contributed by atoms with van der Waals surface area (Å²) in [5.74, 6) is -0.749. The Balaban J connectivity index is 2.08. The van der Waals surface area contributed by atoms with Gasteiger partial charge in [-0.2, -0.15) is 0 Å². The van der Waals surface area contributed by atoms with Crippen molar-refractivity contribution in [2.75, 3.05) is 10.6 Å². The summed E-state index contributed by atoms with van der Waals surface area (Å²) in [6.07, 6.45) is 0. The predicted molar refractivity (Wildman–Crippen MR) is 82.2 cm³/mol. The Bertz CT molecular complexity index is 631. The van der Waals surface area contributed by atoms with Gasteiger partial charge in [0.05, 0.1) is 5.69 Å². The minimum atomic E-state index is -0.451. The molecule has 2 rings (SSSR count). The average Bonchev–Trinajstić information content (AvgIpc) is 2.39. The Hall–Kier alpha value is -1.88. The molecule has 104 valence electrons. The van der Waals surface area contributed by atoms with Crippen molar-refractivity contribution < 1.29 is 9.18 Å². The number of amides is 1. The van der Waals surface area contributed by atoms with Gasteiger partial charge in [0.1, 0.15) is 5.82 Å². The lowest BCUT2D eigenvalue weighted by atomic mass is 10.2. The largest absolute Gasteiger partial charge is 0.381 e. The van der Waals surface area contributed by atoms with E-state index in [-0.39, 0.29) is 11.6 Å². The molecule has 1 amide bonds. The molecule has 0 spiro atoms. The second kappa shape index (κ2) is 6.52. The van der Waals surface area contributed by atoms with Crippen LogP contribution in [0.25, 0.3) is 0 Å². The van der Waals surface area contributed by atoms with Crippen LogP contribution in [0.1, 0.15) is 12.5 Å². The molecule has 20 heavy (non-hydrogen) atoms. The Morgan fingerprint density at radius 3 is 2.75 bits per heavy atom. The lowest BCUT2D eigenvalue weighted by molar-refractivity contribution is -0.114. The molecule has 2 N–H and O–H groups in total. The van der Waals surface area contributed by atoms with Crippen molar-refractivity contribution in [3.63, 3.8) is 0 Å². The molecule has 0 saturated carbocycles. The maximum absolute atomic E-state index is 13.5. The molecule has 0 aromatic heterocycles. The molecular formula is C15H14BrFN2O. The van der Waals surface area contributed by atoms with Crippen molar-refractivity contribution >= 4 is 33.2 Å². The van der Waals surface area contributed by atoms with E-state index in [0.717, 1.165) is 15.7 Å². The second-order valence-electron chi connectivity index (χ2n) is 4.36. The lowest BCUT2D eigenvalue weighted by Gasteiger charge is -2.10. The van der Waals surface area contributed by atoms with Gasteiger partial charge in [-0.15, -0.1) is 0 Å². The number of rotatable bonds is 4. The van der Waals surface area contributed by atoms with E-state index in [1.165, 1.54) is 13.0 Å². The van der Waals surface area contributed by atoms with Crippen LogP contribution in [0.4, 0.5) is 15.8 Å². The normalized spacial score (nSPS) is 10.2. The van der Waals surface area contributed by atoms with E-state index in [1.54, 1.807) is 12.1 Å². The van der Waals surface area contributed by atoms with Gasteiger partial charge in [0.2, 0.25) is 5.91 Å². The molecule has 0 aliphatic heterocycles. The first-order valence-electron chi connectivity index (χ1n) is 6.10. The Kier molecular flexibility index (Phi) is 4.74. The fourth-order valence-corrected chi connectivity index (χ4v) is 2.22. The van der Waals surface area contributed by atoms with E-state index in [2.05, 4.69) is 26.6 Å². The molecule has 0 fully saturated rings. The SMILES string of the molecule is CC(=O)Nc1cc(NCc2cccc(Br)c2)ccc1F. The van der Waals surface area contributed by atoms with Crippen LogP contribution in [0.3, 0.4) is 0 Å². The number of carbonyl (C=O) groups excluding carboxylic acids is 1. The summed E-state index contributed by atoms with van der Waals surface area (Å²) in [4.78, 5) is 11.0. The number of benzene rings is 2. The molecule has 0 radical (unpaired) electrons. The maximum atomic E-state index is 13.5. The summed E-state index contributed by atoms with van der Waals surface area (Å²) in [5, 5.41) is 5.65. The number of hydrogen-bond acceptors (Lipinski definition) is 2. The molecule has 5 heteroatoms. The molecule has 0 bridgehead atoms. The fraction of sp³-hybridized carbons (Fsp3) is 0.133. The molecule has 0 atom stereocenters. The van der Waals surface area contributed by atoms with Crippen LogP contribution in [-0.4, -0.2) is 5.91 Å². The van der Waals surface area contributed by atoms with Gasteiger partial charge in [0.25, 0.3) is 0 Å². The second-order valence-corrected chi connectivity index (χ2v) is 5.27. The van der Waals surface area contributed by atoms with E-state index < -0.39 is 5.82 Å². The van der Waals surface area contributed by atoms with Crippen LogP contribution < -0.4 is 10.6 Å². The van der Waals surface area contributed by atoms with Crippen LogP contribution in [0.2, 0.25) is 0 Å². The zero-order valence-corrected chi connectivity index (χ0v) is 12.5. The van der Waals surface area contributed by atoms with E-state index in [1.807, 2.05) is 24.3 Å². The Morgan fingerprint density at radius 1 is 1.25 bits per heavy atom. The number of halogens is 2. The van der Waals surface area contributed by atoms with Crippen LogP contribution in [0.5, 0.6) is 0 Å². The Morgan fingerprint density at radius 2 is 2.05 bits per heavy atom. The highest BCUT2D eigenvalue weighted by Crippen LogP contribution is 2.20. The van der Waals surface area contributed by atoms with Crippen molar-refractivity contribution in [1.29, 1.82) is 0 Å². The van der Waals surface area contributed by atoms with Gasteiger partial charge in [0.15, 0.2) is 0 Å². The molecule has 3 nitrogen and oxygen atoms in total. The Labute approximate surface area is 125 Å². The highest BCUT2D eigenvalue weighted by molar-refractivity contribution is 9.10. The van der Waals surface area contributed by atoms with Crippen LogP contribution >= 0.6 is 15.9 Å². The predicted octanol–water partition coefficient (Wildman–Crippen LogP) is 4.16. The van der Waals surface area contributed by atoms with Crippen LogP contribution in [-0.2, 0) is 11.3 Å². The molecule has 0 unspecified atom stereocenters. The van der Waals surface area contributed by atoms with Gasteiger partial charge in [0, 0.05) is 23.6 Å². The fourth-order valence-electron chi connectivity index (χ4n) is 1.77. The molecule has 0 aliphatic carbocycles. The lowest BCUT2D eigenvalue weighted by Crippen LogP contribution is -2.08. The van der Waals surface area contributed by atoms with Gasteiger partial charge in [-0.25, -0.2) is 4.39 Å². The van der Waals surface area contributed by atoms with Gasteiger partial charge in [-0.3, -0.25) is 4.79 Å². The molecule has 0 heterocycles. The number of anilines is 2. The summed E-state index contributed by atoms with van der Waals surface area (Å²) in [6.45, 7) is 1.96. The summed E-state index contributed by atoms with van der Waals surface area (Å²) in [6, 6.07) is 12.5. The van der Waals surface area contributed by atoms with Crippen molar-refractivity contribution in [3.8, 4) is 0 Å². The summed E-state index contributed by atoms with van der Waals surface area (Å²) < 4.78 is 14.5. The first-order valence-corrected chi connectivity index (χ1v) is 6.89. The molecule has 0 aliphatic rings. The van der Waals surface area contributed by atoms with Crippen LogP contribution in [0, 0.1) is 5.82 Å². The van der Waals surface area contributed by atoms with E-state index in [4.69, 9.17) is 0 Å². The number of carbonyl (C=O) groups is 1. The standard InChI is InChI=1S/C15H14BrFN2O/c1-10(20)19-15-8-13(5-6-14(15)17)18-9-11-3-2-4-12(16)7-11/h2-8,18H,9H2,1H3,(H,19,20). The zero-order valence-electron chi connectivity index (χ0n) is 10.9. The first kappa shape index (κ1) is 14.5. The average molecular weight is 337 g/mol. The highest BCUT2D eigenvalue weighted by atomic mass is 79.9. The highest BCUT2D eigenvalue weighted by Gasteiger charge is 2.05. The third-order valence-electron chi connectivity index (χ3n) is 2.66. The first-order chi connectivity index (χ1) is 9.54. The maximum Gasteiger partial charge on any atom is 0.221 e. The molecular weight excluding hydrogens is 323 g/mol. The summed E-state index contributed by atoms with van der Waals surface area (Å²) in [5.41, 5.74) is 2.02. The quantitative estimate of drug-likeness (QED) is 0.880. The topological polar surface area (TPSA) is 41.1 Å². The van der Waals surface area contributed by atoms with Gasteiger partial charge < -0.3 is 10.6 Å². The van der Waals surface area contributed by atoms with Crippen molar-refractivity contribution in [1.82, 2.24) is 0 Å². The minimum absolute atomic E-state index is 0.178. The minimum Gasteiger partial charge on any atom is -0.381 e. The zero-order chi connectivity index (χ0) is 14.5. The molecule has 2 aromatic carbocycles. The van der Waals surface area contributed by atoms with Crippen LogP contribution in [0.15, 0.2) is 46.9 Å². The van der Waals surface area contributed by atoms with Gasteiger partial charge in [-0.1, -0.05) is 28.1 Å². The smallest absolute Gasteiger partial charge is 0.221 e. The number of nitrogens with one attached hydrogen (secondary N) is 2. The van der Waals surface area contributed by atoms with Gasteiger partial charge >= 0.3 is 0 Å². The van der Waals surface area contributed by atoms with Crippen molar-refractivity contribution in [2.45, 2.75) is 13.5 Å². The van der Waals surface area contributed by atoms with Crippen molar-refractivity contribution in [2.24, 2.45) is 0 Å². The monoisotopic (exact) mass is 336 g/mol. The third-order valence-corrected chi connectivity index (χ3v) is 3.16. The van der Waals surface area contributed by atoms with Crippen molar-refractivity contribution in [3.05, 3.63) is 58.3 Å². The summed E-state index contributed by atoms with van der Waals surface area (Å²) in [7, 11) is 0. The summed E-state index contributed by atoms with van der Waals surface area (Å²) >= 11 is 3.41. The van der Waals surface area contributed by atoms with E-state index in [0.29, 0.717) is 6.54 Å². The molecule has 2 aromatic rings.